The Morgan fingerprint density at radius 3 is 2.84 bits per heavy atom. The summed E-state index contributed by atoms with van der Waals surface area (Å²) in [5.41, 5.74) is 2.98. The fraction of sp³-hybridized carbons (Fsp3) is 0.389. The van der Waals surface area contributed by atoms with Crippen molar-refractivity contribution in [1.82, 2.24) is 4.98 Å². The number of hydrogen-bond acceptors (Lipinski definition) is 6. The Labute approximate surface area is 147 Å². The summed E-state index contributed by atoms with van der Waals surface area (Å²) >= 11 is 0. The lowest BCUT2D eigenvalue weighted by Gasteiger charge is -2.13. The lowest BCUT2D eigenvalue weighted by atomic mass is 9.80. The minimum atomic E-state index is -0.693. The molecule has 1 fully saturated rings. The Kier molecular flexibility index (Phi) is 5.91. The van der Waals surface area contributed by atoms with Gasteiger partial charge in [0.15, 0.2) is 11.5 Å². The predicted molar refractivity (Wildman–Crippen MR) is 94.9 cm³/mol. The molecular formula is C18H22BNO5. The van der Waals surface area contributed by atoms with Crippen LogP contribution in [0.4, 0.5) is 0 Å². The number of rotatable bonds is 7. The minimum absolute atomic E-state index is 0.0866. The molecule has 7 heteroatoms. The Bertz CT molecular complexity index is 712. The van der Waals surface area contributed by atoms with Gasteiger partial charge in [0.05, 0.1) is 13.7 Å². The Balaban J connectivity index is 1.84. The number of pyridine rings is 1. The van der Waals surface area contributed by atoms with E-state index in [-0.39, 0.29) is 12.5 Å². The molecule has 1 unspecified atom stereocenters. The smallest absolute Gasteiger partial charge is 0.454 e. The highest BCUT2D eigenvalue weighted by Gasteiger charge is 2.30. The molecule has 2 aromatic rings. The molecular weight excluding hydrogens is 321 g/mol. The van der Waals surface area contributed by atoms with E-state index < -0.39 is 7.12 Å². The molecule has 0 amide bonds. The first-order chi connectivity index (χ1) is 12.2. The lowest BCUT2D eigenvalue weighted by Crippen LogP contribution is -2.07. The first-order valence-electron chi connectivity index (χ1n) is 8.38. The van der Waals surface area contributed by atoms with Crippen molar-refractivity contribution in [2.45, 2.75) is 18.7 Å². The van der Waals surface area contributed by atoms with Gasteiger partial charge in [-0.1, -0.05) is 6.07 Å². The van der Waals surface area contributed by atoms with Crippen LogP contribution in [0.3, 0.4) is 0 Å². The van der Waals surface area contributed by atoms with Crippen LogP contribution in [0.5, 0.6) is 11.5 Å². The standard InChI is InChI=1S/C18H22BNO5/c1-23-17-4-3-13(8-18(17)24-6-2-5-21)14-7-15(11-20-10-14)16-9-19(22)25-12-16/h3-4,7-8,10-11,16,21-22H,2,5-6,9,12H2,1H3. The van der Waals surface area contributed by atoms with Crippen LogP contribution in [0.2, 0.25) is 6.32 Å². The second-order valence-corrected chi connectivity index (χ2v) is 6.02. The van der Waals surface area contributed by atoms with E-state index in [9.17, 15) is 5.02 Å². The van der Waals surface area contributed by atoms with Crippen LogP contribution in [0.25, 0.3) is 11.1 Å². The van der Waals surface area contributed by atoms with E-state index in [1.165, 1.54) is 0 Å². The summed E-state index contributed by atoms with van der Waals surface area (Å²) in [6, 6.07) is 7.80. The van der Waals surface area contributed by atoms with E-state index >= 15 is 0 Å². The molecule has 0 bridgehead atoms. The second-order valence-electron chi connectivity index (χ2n) is 6.02. The van der Waals surface area contributed by atoms with Crippen molar-refractivity contribution >= 4 is 7.12 Å². The number of aromatic nitrogens is 1. The average molecular weight is 343 g/mol. The zero-order valence-electron chi connectivity index (χ0n) is 14.2. The maximum absolute atomic E-state index is 9.55. The van der Waals surface area contributed by atoms with Gasteiger partial charge >= 0.3 is 7.12 Å². The summed E-state index contributed by atoms with van der Waals surface area (Å²) < 4.78 is 16.3. The van der Waals surface area contributed by atoms with Gasteiger partial charge in [-0.25, -0.2) is 0 Å². The normalized spacial score (nSPS) is 16.9. The molecule has 2 heterocycles. The first-order valence-corrected chi connectivity index (χ1v) is 8.38. The van der Waals surface area contributed by atoms with Crippen LogP contribution in [0.15, 0.2) is 36.7 Å². The Morgan fingerprint density at radius 1 is 1.24 bits per heavy atom. The molecule has 1 aliphatic heterocycles. The van der Waals surface area contributed by atoms with Gasteiger partial charge in [0.2, 0.25) is 0 Å². The fourth-order valence-corrected chi connectivity index (χ4v) is 2.89. The largest absolute Gasteiger partial charge is 0.493 e. The first kappa shape index (κ1) is 17.7. The molecule has 1 aromatic carbocycles. The molecule has 0 radical (unpaired) electrons. The molecule has 1 aliphatic rings. The van der Waals surface area contributed by atoms with E-state index in [2.05, 4.69) is 11.1 Å². The highest BCUT2D eigenvalue weighted by molar-refractivity contribution is 6.43. The quantitative estimate of drug-likeness (QED) is 0.592. The highest BCUT2D eigenvalue weighted by atomic mass is 16.5. The van der Waals surface area contributed by atoms with Gasteiger partial charge in [-0.15, -0.1) is 0 Å². The van der Waals surface area contributed by atoms with Crippen molar-refractivity contribution in [2.75, 3.05) is 26.9 Å². The van der Waals surface area contributed by atoms with E-state index in [4.69, 9.17) is 19.2 Å². The molecule has 6 nitrogen and oxygen atoms in total. The molecule has 0 spiro atoms. The molecule has 132 valence electrons. The van der Waals surface area contributed by atoms with Crippen LogP contribution >= 0.6 is 0 Å². The zero-order valence-corrected chi connectivity index (χ0v) is 14.2. The van der Waals surface area contributed by atoms with Gasteiger partial charge in [-0.2, -0.15) is 0 Å². The fourth-order valence-electron chi connectivity index (χ4n) is 2.89. The third kappa shape index (κ3) is 4.31. The number of nitrogens with zero attached hydrogens (tertiary/aromatic N) is 1. The van der Waals surface area contributed by atoms with E-state index in [1.807, 2.05) is 24.4 Å². The molecule has 25 heavy (non-hydrogen) atoms. The summed E-state index contributed by atoms with van der Waals surface area (Å²) in [5.74, 6) is 1.44. The van der Waals surface area contributed by atoms with Crippen molar-refractivity contribution < 1.29 is 24.3 Å². The maximum atomic E-state index is 9.55. The number of aliphatic hydroxyl groups excluding tert-OH is 1. The zero-order chi connectivity index (χ0) is 17.6. The number of hydrogen-bond donors (Lipinski definition) is 2. The third-order valence-electron chi connectivity index (χ3n) is 4.26. The Morgan fingerprint density at radius 2 is 2.12 bits per heavy atom. The third-order valence-corrected chi connectivity index (χ3v) is 4.26. The number of ether oxygens (including phenoxy) is 2. The van der Waals surface area contributed by atoms with E-state index in [1.54, 1.807) is 13.3 Å². The number of methoxy groups -OCH3 is 1. The van der Waals surface area contributed by atoms with Crippen LogP contribution in [0, 0.1) is 0 Å². The molecule has 3 rings (SSSR count). The van der Waals surface area contributed by atoms with Gasteiger partial charge in [0, 0.05) is 43.5 Å². The minimum Gasteiger partial charge on any atom is -0.493 e. The molecule has 1 saturated heterocycles. The monoisotopic (exact) mass is 343 g/mol. The van der Waals surface area contributed by atoms with Crippen LogP contribution < -0.4 is 9.47 Å². The summed E-state index contributed by atoms with van der Waals surface area (Å²) in [4.78, 5) is 4.34. The Hall–Kier alpha value is -2.09. The van der Waals surface area contributed by atoms with Crippen molar-refractivity contribution in [3.8, 4) is 22.6 Å². The molecule has 1 aromatic heterocycles. The van der Waals surface area contributed by atoms with E-state index in [0.717, 1.165) is 16.7 Å². The summed E-state index contributed by atoms with van der Waals surface area (Å²) in [5, 5.41) is 18.5. The van der Waals surface area contributed by atoms with Gasteiger partial charge in [0.1, 0.15) is 0 Å². The predicted octanol–water partition coefficient (Wildman–Crippen LogP) is 2.11. The number of aliphatic hydroxyl groups is 1. The van der Waals surface area contributed by atoms with Gasteiger partial charge < -0.3 is 24.3 Å². The van der Waals surface area contributed by atoms with Crippen molar-refractivity contribution in [3.63, 3.8) is 0 Å². The number of benzene rings is 1. The molecule has 0 saturated carbocycles. The highest BCUT2D eigenvalue weighted by Crippen LogP contribution is 2.34. The van der Waals surface area contributed by atoms with Gasteiger partial charge in [-0.05, 0) is 35.6 Å². The average Bonchev–Trinajstić information content (AvgIpc) is 3.08. The van der Waals surface area contributed by atoms with Crippen LogP contribution in [0.1, 0.15) is 17.9 Å². The van der Waals surface area contributed by atoms with E-state index in [0.29, 0.717) is 37.5 Å². The maximum Gasteiger partial charge on any atom is 0.454 e. The van der Waals surface area contributed by atoms with Crippen molar-refractivity contribution in [2.24, 2.45) is 0 Å². The van der Waals surface area contributed by atoms with Crippen molar-refractivity contribution in [1.29, 1.82) is 0 Å². The molecule has 2 N–H and O–H groups in total. The second kappa shape index (κ2) is 8.33. The lowest BCUT2D eigenvalue weighted by molar-refractivity contribution is 0.228. The summed E-state index contributed by atoms with van der Waals surface area (Å²) in [7, 11) is 0.905. The summed E-state index contributed by atoms with van der Waals surface area (Å²) in [6.07, 6.45) is 4.77. The van der Waals surface area contributed by atoms with Crippen LogP contribution in [-0.4, -0.2) is 49.2 Å². The van der Waals surface area contributed by atoms with Gasteiger partial charge in [0.25, 0.3) is 0 Å². The molecule has 1 atom stereocenters. The van der Waals surface area contributed by atoms with Crippen LogP contribution in [-0.2, 0) is 4.65 Å². The summed E-state index contributed by atoms with van der Waals surface area (Å²) in [6.45, 7) is 1.01. The SMILES string of the molecule is COc1ccc(-c2cncc(C3COB(O)C3)c2)cc1OCCCO. The van der Waals surface area contributed by atoms with Gasteiger partial charge in [-0.3, -0.25) is 4.98 Å². The molecule has 0 aliphatic carbocycles. The van der Waals surface area contributed by atoms with Crippen molar-refractivity contribution in [3.05, 3.63) is 42.2 Å². The topological polar surface area (TPSA) is 81.0 Å².